The van der Waals surface area contributed by atoms with E-state index in [4.69, 9.17) is 10.5 Å². The van der Waals surface area contributed by atoms with E-state index in [1.54, 1.807) is 7.11 Å². The summed E-state index contributed by atoms with van der Waals surface area (Å²) < 4.78 is 5.47. The van der Waals surface area contributed by atoms with Crippen LogP contribution >= 0.6 is 0 Å². The molecular formula is C15H25N3O. The summed E-state index contributed by atoms with van der Waals surface area (Å²) in [5, 5.41) is 0. The van der Waals surface area contributed by atoms with Crippen LogP contribution in [-0.4, -0.2) is 56.2 Å². The SMILES string of the molecule is CCN1CCN(C(CN)c2ccccc2OC)CC1. The average molecular weight is 263 g/mol. The van der Waals surface area contributed by atoms with E-state index < -0.39 is 0 Å². The molecule has 1 aliphatic rings. The molecule has 0 aliphatic carbocycles. The molecule has 1 fully saturated rings. The van der Waals surface area contributed by atoms with E-state index in [2.05, 4.69) is 28.9 Å². The van der Waals surface area contributed by atoms with Crippen LogP contribution in [0.5, 0.6) is 5.75 Å². The summed E-state index contributed by atoms with van der Waals surface area (Å²) >= 11 is 0. The minimum Gasteiger partial charge on any atom is -0.496 e. The molecule has 1 unspecified atom stereocenters. The van der Waals surface area contributed by atoms with Crippen LogP contribution in [0.15, 0.2) is 24.3 Å². The van der Waals surface area contributed by atoms with Gasteiger partial charge >= 0.3 is 0 Å². The molecule has 1 aromatic carbocycles. The molecule has 4 nitrogen and oxygen atoms in total. The third-order valence-electron chi connectivity index (χ3n) is 4.02. The summed E-state index contributed by atoms with van der Waals surface area (Å²) in [6, 6.07) is 8.46. The Morgan fingerprint density at radius 3 is 2.47 bits per heavy atom. The number of likely N-dealkylation sites (N-methyl/N-ethyl adjacent to an activating group) is 1. The van der Waals surface area contributed by atoms with Gasteiger partial charge in [0.1, 0.15) is 5.75 Å². The first-order valence-electron chi connectivity index (χ1n) is 7.09. The van der Waals surface area contributed by atoms with Crippen LogP contribution in [0.3, 0.4) is 0 Å². The predicted molar refractivity (Wildman–Crippen MR) is 78.5 cm³/mol. The van der Waals surface area contributed by atoms with Crippen LogP contribution in [-0.2, 0) is 0 Å². The average Bonchev–Trinajstić information content (AvgIpc) is 2.49. The summed E-state index contributed by atoms with van der Waals surface area (Å²) in [4.78, 5) is 4.95. The lowest BCUT2D eigenvalue weighted by atomic mass is 10.0. The Bertz CT molecular complexity index is 389. The second-order valence-electron chi connectivity index (χ2n) is 4.96. The Morgan fingerprint density at radius 2 is 1.89 bits per heavy atom. The Morgan fingerprint density at radius 1 is 1.21 bits per heavy atom. The summed E-state index contributed by atoms with van der Waals surface area (Å²) in [6.45, 7) is 8.39. The third-order valence-corrected chi connectivity index (χ3v) is 4.02. The van der Waals surface area contributed by atoms with Crippen LogP contribution in [0, 0.1) is 0 Å². The molecule has 2 N–H and O–H groups in total. The molecule has 1 aliphatic heterocycles. The first kappa shape index (κ1) is 14.3. The second-order valence-corrected chi connectivity index (χ2v) is 4.96. The van der Waals surface area contributed by atoms with Gasteiger partial charge in [-0.3, -0.25) is 4.90 Å². The largest absolute Gasteiger partial charge is 0.496 e. The van der Waals surface area contributed by atoms with Crippen LogP contribution in [0.1, 0.15) is 18.5 Å². The van der Waals surface area contributed by atoms with E-state index >= 15 is 0 Å². The van der Waals surface area contributed by atoms with E-state index in [9.17, 15) is 0 Å². The third kappa shape index (κ3) is 3.26. The number of methoxy groups -OCH3 is 1. The lowest BCUT2D eigenvalue weighted by Crippen LogP contribution is -2.48. The van der Waals surface area contributed by atoms with Gasteiger partial charge < -0.3 is 15.4 Å². The van der Waals surface area contributed by atoms with Gasteiger partial charge in [0.25, 0.3) is 0 Å². The molecule has 0 spiro atoms. The lowest BCUT2D eigenvalue weighted by molar-refractivity contribution is 0.101. The maximum absolute atomic E-state index is 6.02. The summed E-state index contributed by atoms with van der Waals surface area (Å²) in [6.07, 6.45) is 0. The second kappa shape index (κ2) is 6.89. The molecule has 0 amide bonds. The van der Waals surface area contributed by atoms with Crippen molar-refractivity contribution in [3.8, 4) is 5.75 Å². The number of benzene rings is 1. The maximum atomic E-state index is 6.02. The number of rotatable bonds is 5. The fourth-order valence-corrected chi connectivity index (χ4v) is 2.81. The lowest BCUT2D eigenvalue weighted by Gasteiger charge is -2.39. The van der Waals surface area contributed by atoms with Crippen LogP contribution < -0.4 is 10.5 Å². The summed E-state index contributed by atoms with van der Waals surface area (Å²) in [7, 11) is 1.72. The number of piperazine rings is 1. The zero-order valence-electron chi connectivity index (χ0n) is 12.0. The first-order chi connectivity index (χ1) is 9.30. The number of nitrogens with zero attached hydrogens (tertiary/aromatic N) is 2. The zero-order valence-corrected chi connectivity index (χ0v) is 12.0. The monoisotopic (exact) mass is 263 g/mol. The predicted octanol–water partition coefficient (Wildman–Crippen LogP) is 1.33. The van der Waals surface area contributed by atoms with Gasteiger partial charge in [-0.05, 0) is 12.6 Å². The topological polar surface area (TPSA) is 41.7 Å². The Hall–Kier alpha value is -1.10. The first-order valence-corrected chi connectivity index (χ1v) is 7.09. The van der Waals surface area contributed by atoms with Crippen molar-refractivity contribution in [1.29, 1.82) is 0 Å². The molecule has 1 atom stereocenters. The van der Waals surface area contributed by atoms with Gasteiger partial charge in [0.05, 0.1) is 13.2 Å². The molecule has 0 radical (unpaired) electrons. The van der Waals surface area contributed by atoms with Crippen molar-refractivity contribution in [2.75, 3.05) is 46.4 Å². The number of hydrogen-bond donors (Lipinski definition) is 1. The summed E-state index contributed by atoms with van der Waals surface area (Å²) in [5.74, 6) is 0.941. The molecule has 4 heteroatoms. The maximum Gasteiger partial charge on any atom is 0.123 e. The Labute approximate surface area is 116 Å². The van der Waals surface area contributed by atoms with Crippen molar-refractivity contribution < 1.29 is 4.74 Å². The fraction of sp³-hybridized carbons (Fsp3) is 0.600. The highest BCUT2D eigenvalue weighted by atomic mass is 16.5. The van der Waals surface area contributed by atoms with Gasteiger partial charge in [-0.2, -0.15) is 0 Å². The molecule has 0 saturated carbocycles. The van der Waals surface area contributed by atoms with Crippen LogP contribution in [0.4, 0.5) is 0 Å². The van der Waals surface area contributed by atoms with E-state index in [1.165, 1.54) is 5.56 Å². The van der Waals surface area contributed by atoms with Gasteiger partial charge in [-0.15, -0.1) is 0 Å². The molecule has 106 valence electrons. The van der Waals surface area contributed by atoms with Crippen molar-refractivity contribution in [2.24, 2.45) is 5.73 Å². The highest BCUT2D eigenvalue weighted by Crippen LogP contribution is 2.29. The van der Waals surface area contributed by atoms with Gasteiger partial charge in [0.15, 0.2) is 0 Å². The minimum absolute atomic E-state index is 0.259. The Kier molecular flexibility index (Phi) is 5.19. The fourth-order valence-electron chi connectivity index (χ4n) is 2.81. The van der Waals surface area contributed by atoms with Gasteiger partial charge in [0, 0.05) is 38.3 Å². The van der Waals surface area contributed by atoms with E-state index in [1.807, 2.05) is 12.1 Å². The van der Waals surface area contributed by atoms with Crippen molar-refractivity contribution in [3.63, 3.8) is 0 Å². The van der Waals surface area contributed by atoms with Gasteiger partial charge in [-0.25, -0.2) is 0 Å². The molecular weight excluding hydrogens is 238 g/mol. The molecule has 1 heterocycles. The van der Waals surface area contributed by atoms with E-state index in [-0.39, 0.29) is 6.04 Å². The highest BCUT2D eigenvalue weighted by molar-refractivity contribution is 5.36. The normalized spacial score (nSPS) is 19.3. The van der Waals surface area contributed by atoms with Crippen molar-refractivity contribution in [1.82, 2.24) is 9.80 Å². The molecule has 0 bridgehead atoms. The molecule has 1 aromatic rings. The van der Waals surface area contributed by atoms with Crippen LogP contribution in [0.25, 0.3) is 0 Å². The van der Waals surface area contributed by atoms with Gasteiger partial charge in [-0.1, -0.05) is 25.1 Å². The van der Waals surface area contributed by atoms with Crippen LogP contribution in [0.2, 0.25) is 0 Å². The van der Waals surface area contributed by atoms with Gasteiger partial charge in [0.2, 0.25) is 0 Å². The zero-order chi connectivity index (χ0) is 13.7. The van der Waals surface area contributed by atoms with Crippen molar-refractivity contribution in [3.05, 3.63) is 29.8 Å². The van der Waals surface area contributed by atoms with E-state index in [0.717, 1.165) is 38.5 Å². The summed E-state index contributed by atoms with van der Waals surface area (Å²) in [5.41, 5.74) is 7.22. The molecule has 19 heavy (non-hydrogen) atoms. The standard InChI is InChI=1S/C15H25N3O/c1-3-17-8-10-18(11-9-17)14(12-16)13-6-4-5-7-15(13)19-2/h4-7,14H,3,8-12,16H2,1-2H3. The minimum atomic E-state index is 0.259. The highest BCUT2D eigenvalue weighted by Gasteiger charge is 2.25. The molecule has 0 aromatic heterocycles. The van der Waals surface area contributed by atoms with Crippen molar-refractivity contribution >= 4 is 0 Å². The van der Waals surface area contributed by atoms with E-state index in [0.29, 0.717) is 6.54 Å². The smallest absolute Gasteiger partial charge is 0.123 e. The molecule has 2 rings (SSSR count). The Balaban J connectivity index is 2.12. The molecule has 1 saturated heterocycles. The number of hydrogen-bond acceptors (Lipinski definition) is 4. The van der Waals surface area contributed by atoms with Crippen molar-refractivity contribution in [2.45, 2.75) is 13.0 Å². The number of para-hydroxylation sites is 1. The quantitative estimate of drug-likeness (QED) is 0.870. The number of nitrogens with two attached hydrogens (primary N) is 1. The number of ether oxygens (including phenoxy) is 1.